The fourth-order valence-electron chi connectivity index (χ4n) is 2.50. The molecule has 0 amide bonds. The normalized spacial score (nSPS) is 40.8. The summed E-state index contributed by atoms with van der Waals surface area (Å²) in [6, 6.07) is 0. The maximum Gasteiger partial charge on any atom is 0.0136 e. The molecule has 2 unspecified atom stereocenters. The van der Waals surface area contributed by atoms with Crippen LogP contribution in [0.2, 0.25) is 0 Å². The molecule has 2 atom stereocenters. The molecule has 10 heavy (non-hydrogen) atoms. The first kappa shape index (κ1) is 6.66. The Kier molecular flexibility index (Phi) is 1.94. The Balaban J connectivity index is 1.95. The Hall–Kier alpha value is -0.0400. The highest BCUT2D eigenvalue weighted by molar-refractivity contribution is 4.80. The first-order valence-corrected chi connectivity index (χ1v) is 4.60. The van der Waals surface area contributed by atoms with E-state index in [-0.39, 0.29) is 0 Å². The molecule has 57 valence electrons. The largest absolute Gasteiger partial charge is 0.242 e. The van der Waals surface area contributed by atoms with Crippen molar-refractivity contribution in [3.8, 4) is 0 Å². The average Bonchev–Trinajstić information content (AvgIpc) is 2.28. The third-order valence-corrected chi connectivity index (χ3v) is 3.13. The van der Waals surface area contributed by atoms with E-state index in [9.17, 15) is 0 Å². The average molecular weight is 138 g/mol. The fourth-order valence-corrected chi connectivity index (χ4v) is 2.50. The van der Waals surface area contributed by atoms with Crippen LogP contribution in [-0.4, -0.2) is 13.1 Å². The van der Waals surface area contributed by atoms with Gasteiger partial charge in [-0.3, -0.25) is 0 Å². The van der Waals surface area contributed by atoms with Crippen molar-refractivity contribution < 1.29 is 0 Å². The van der Waals surface area contributed by atoms with Crippen molar-refractivity contribution in [2.24, 2.45) is 11.8 Å². The van der Waals surface area contributed by atoms with Crippen LogP contribution in [0.3, 0.4) is 0 Å². The van der Waals surface area contributed by atoms with Crippen molar-refractivity contribution in [3.63, 3.8) is 0 Å². The molecule has 2 rings (SSSR count). The van der Waals surface area contributed by atoms with Gasteiger partial charge in [0.05, 0.1) is 0 Å². The lowest BCUT2D eigenvalue weighted by Gasteiger charge is -2.13. The number of hydrogen-bond donors (Lipinski definition) is 0. The second-order valence-corrected chi connectivity index (χ2v) is 3.70. The van der Waals surface area contributed by atoms with Gasteiger partial charge in [0, 0.05) is 13.1 Å². The third-order valence-electron chi connectivity index (χ3n) is 3.13. The molecule has 0 spiro atoms. The molecule has 1 heteroatoms. The van der Waals surface area contributed by atoms with E-state index in [1.54, 1.807) is 0 Å². The molecule has 2 aliphatic rings. The lowest BCUT2D eigenvalue weighted by molar-refractivity contribution is 0.378. The minimum atomic E-state index is 1.06. The summed E-state index contributed by atoms with van der Waals surface area (Å²) in [6.45, 7) is 2.31. The van der Waals surface area contributed by atoms with E-state index < -0.39 is 0 Å². The maximum absolute atomic E-state index is 4.45. The van der Waals surface area contributed by atoms with Gasteiger partial charge < -0.3 is 0 Å². The van der Waals surface area contributed by atoms with E-state index in [1.807, 2.05) is 0 Å². The number of hydrogen-bond acceptors (Lipinski definition) is 0. The van der Waals surface area contributed by atoms with Crippen molar-refractivity contribution >= 4 is 0 Å². The van der Waals surface area contributed by atoms with Crippen LogP contribution in [0.15, 0.2) is 0 Å². The van der Waals surface area contributed by atoms with Crippen molar-refractivity contribution in [1.82, 2.24) is 5.32 Å². The summed E-state index contributed by atoms with van der Waals surface area (Å²) >= 11 is 0. The van der Waals surface area contributed by atoms with Gasteiger partial charge >= 0.3 is 0 Å². The maximum atomic E-state index is 4.45. The van der Waals surface area contributed by atoms with Crippen LogP contribution in [0.25, 0.3) is 0 Å². The standard InChI is InChI=1S/C9H16N/c1-2-8-4-6-10-7-5-9(8)3-1/h8-9H,1-7H2. The SMILES string of the molecule is C1CC2CC[N]CCC2C1. The lowest BCUT2D eigenvalue weighted by atomic mass is 9.92. The molecule has 1 radical (unpaired) electrons. The molecule has 1 saturated carbocycles. The molecule has 0 aromatic heterocycles. The second-order valence-electron chi connectivity index (χ2n) is 3.70. The van der Waals surface area contributed by atoms with Gasteiger partial charge in [0.2, 0.25) is 0 Å². The number of nitrogens with zero attached hydrogens (tertiary/aromatic N) is 1. The predicted molar refractivity (Wildman–Crippen MR) is 41.9 cm³/mol. The van der Waals surface area contributed by atoms with Gasteiger partial charge in [-0.15, -0.1) is 0 Å². The van der Waals surface area contributed by atoms with Gasteiger partial charge in [0.15, 0.2) is 0 Å². The van der Waals surface area contributed by atoms with E-state index in [2.05, 4.69) is 5.32 Å². The lowest BCUT2D eigenvalue weighted by Crippen LogP contribution is -2.06. The first-order valence-electron chi connectivity index (χ1n) is 4.60. The highest BCUT2D eigenvalue weighted by Gasteiger charge is 2.27. The molecular formula is C9H16N. The molecule has 1 nitrogen and oxygen atoms in total. The number of fused-ring (bicyclic) bond motifs is 1. The predicted octanol–water partition coefficient (Wildman–Crippen LogP) is 1.80. The zero-order valence-electron chi connectivity index (χ0n) is 6.55. The van der Waals surface area contributed by atoms with E-state index in [4.69, 9.17) is 0 Å². The van der Waals surface area contributed by atoms with Crippen molar-refractivity contribution in [2.45, 2.75) is 32.1 Å². The van der Waals surface area contributed by atoms with Gasteiger partial charge in [0.1, 0.15) is 0 Å². The minimum absolute atomic E-state index is 1.06. The van der Waals surface area contributed by atoms with Crippen LogP contribution in [0.5, 0.6) is 0 Å². The van der Waals surface area contributed by atoms with Crippen LogP contribution in [-0.2, 0) is 0 Å². The van der Waals surface area contributed by atoms with E-state index in [0.717, 1.165) is 24.9 Å². The summed E-state index contributed by atoms with van der Waals surface area (Å²) in [4.78, 5) is 0. The summed E-state index contributed by atoms with van der Waals surface area (Å²) in [7, 11) is 0. The number of rotatable bonds is 0. The topological polar surface area (TPSA) is 14.1 Å². The van der Waals surface area contributed by atoms with E-state index >= 15 is 0 Å². The molecule has 0 aromatic carbocycles. The van der Waals surface area contributed by atoms with Crippen molar-refractivity contribution in [2.75, 3.05) is 13.1 Å². The van der Waals surface area contributed by atoms with Crippen molar-refractivity contribution in [3.05, 3.63) is 0 Å². The third kappa shape index (κ3) is 1.20. The molecular weight excluding hydrogens is 122 g/mol. The van der Waals surface area contributed by atoms with Gasteiger partial charge in [0.25, 0.3) is 0 Å². The van der Waals surface area contributed by atoms with Gasteiger partial charge in [-0.05, 0) is 24.7 Å². The molecule has 1 aliphatic heterocycles. The van der Waals surface area contributed by atoms with Crippen LogP contribution in [0.4, 0.5) is 0 Å². The molecule has 0 bridgehead atoms. The molecule has 0 aromatic rings. The summed E-state index contributed by atoms with van der Waals surface area (Å²) in [5.74, 6) is 2.12. The molecule has 1 saturated heterocycles. The smallest absolute Gasteiger partial charge is 0.0136 e. The van der Waals surface area contributed by atoms with Crippen LogP contribution in [0, 0.1) is 11.8 Å². The van der Waals surface area contributed by atoms with E-state index in [1.165, 1.54) is 32.1 Å². The summed E-state index contributed by atoms with van der Waals surface area (Å²) in [5, 5.41) is 4.45. The van der Waals surface area contributed by atoms with E-state index in [0.29, 0.717) is 0 Å². The summed E-state index contributed by atoms with van der Waals surface area (Å²) < 4.78 is 0. The second kappa shape index (κ2) is 2.91. The monoisotopic (exact) mass is 138 g/mol. The zero-order chi connectivity index (χ0) is 6.81. The first-order chi connectivity index (χ1) is 4.97. The summed E-state index contributed by atoms with van der Waals surface area (Å²) in [5.41, 5.74) is 0. The molecule has 1 aliphatic carbocycles. The highest BCUT2D eigenvalue weighted by atomic mass is 14.9. The molecule has 0 N–H and O–H groups in total. The van der Waals surface area contributed by atoms with Gasteiger partial charge in [-0.1, -0.05) is 19.3 Å². The van der Waals surface area contributed by atoms with Gasteiger partial charge in [-0.2, -0.15) is 0 Å². The molecule has 2 fully saturated rings. The highest BCUT2D eigenvalue weighted by Crippen LogP contribution is 2.36. The van der Waals surface area contributed by atoms with Gasteiger partial charge in [-0.25, -0.2) is 5.32 Å². The Morgan fingerprint density at radius 2 is 1.40 bits per heavy atom. The van der Waals surface area contributed by atoms with Crippen molar-refractivity contribution in [1.29, 1.82) is 0 Å². The quantitative estimate of drug-likeness (QED) is 0.484. The summed E-state index contributed by atoms with van der Waals surface area (Å²) in [6.07, 6.45) is 7.28. The Labute approximate surface area is 63.2 Å². The Morgan fingerprint density at radius 1 is 0.800 bits per heavy atom. The Morgan fingerprint density at radius 3 is 2.00 bits per heavy atom. The minimum Gasteiger partial charge on any atom is -0.242 e. The van der Waals surface area contributed by atoms with Crippen LogP contribution in [0.1, 0.15) is 32.1 Å². The fraction of sp³-hybridized carbons (Fsp3) is 1.00. The molecule has 1 heterocycles. The van der Waals surface area contributed by atoms with Crippen LogP contribution < -0.4 is 5.32 Å². The zero-order valence-corrected chi connectivity index (χ0v) is 6.55. The Bertz CT molecular complexity index is 99.3. The van der Waals surface area contributed by atoms with Crippen LogP contribution >= 0.6 is 0 Å².